The van der Waals surface area contributed by atoms with Crippen molar-refractivity contribution >= 4 is 43.6 Å². The van der Waals surface area contributed by atoms with Crippen molar-refractivity contribution in [1.29, 1.82) is 4.78 Å². The van der Waals surface area contributed by atoms with Crippen molar-refractivity contribution in [3.8, 4) is 11.8 Å². The van der Waals surface area contributed by atoms with E-state index >= 15 is 0 Å². The monoisotopic (exact) mass is 523 g/mol. The standard InChI is InChI=1S/C30H29N5O2S/c1-18(2)38(31,37)23-9-7-22(8-10-23)34-28-16-24-21(17-33-28)12-13-32-26(24)11-6-20-15-27-25(14-19(20)3)30(4,5)29(36)35-27/h7-10,12-18,31H,1-5H3,(H,33,34)(H,35,36). The summed E-state index contributed by atoms with van der Waals surface area (Å²) in [6.07, 6.45) is 3.48. The van der Waals surface area contributed by atoms with Gasteiger partial charge < -0.3 is 10.6 Å². The number of hydrogen-bond acceptors (Lipinski definition) is 6. The molecule has 0 radical (unpaired) electrons. The van der Waals surface area contributed by atoms with E-state index in [1.165, 1.54) is 0 Å². The second-order valence-corrected chi connectivity index (χ2v) is 12.9. The normalized spacial score (nSPS) is 15.4. The quantitative estimate of drug-likeness (QED) is 0.279. The molecule has 0 saturated heterocycles. The fourth-order valence-corrected chi connectivity index (χ4v) is 5.47. The minimum atomic E-state index is -2.83. The van der Waals surface area contributed by atoms with Crippen molar-refractivity contribution in [2.75, 3.05) is 10.6 Å². The molecule has 3 N–H and O–H groups in total. The van der Waals surface area contributed by atoms with Gasteiger partial charge in [-0.1, -0.05) is 12.0 Å². The molecule has 7 nitrogen and oxygen atoms in total. The lowest BCUT2D eigenvalue weighted by molar-refractivity contribution is -0.119. The Hall–Kier alpha value is -4.22. The topological polar surface area (TPSA) is 108 Å². The van der Waals surface area contributed by atoms with E-state index in [1.807, 2.05) is 45.0 Å². The molecule has 38 heavy (non-hydrogen) atoms. The Morgan fingerprint density at radius 1 is 1.05 bits per heavy atom. The molecule has 0 saturated carbocycles. The number of rotatable bonds is 4. The molecule has 1 unspecified atom stereocenters. The van der Waals surface area contributed by atoms with Gasteiger partial charge in [-0.25, -0.2) is 19.0 Å². The number of pyridine rings is 2. The molecule has 1 aliphatic heterocycles. The number of aromatic nitrogens is 2. The van der Waals surface area contributed by atoms with Crippen LogP contribution >= 0.6 is 0 Å². The second kappa shape index (κ2) is 9.26. The van der Waals surface area contributed by atoms with E-state index in [2.05, 4.69) is 32.4 Å². The van der Waals surface area contributed by atoms with Crippen LogP contribution in [-0.4, -0.2) is 25.3 Å². The third-order valence-electron chi connectivity index (χ3n) is 6.96. The highest BCUT2D eigenvalue weighted by Gasteiger charge is 2.38. The number of nitrogens with zero attached hydrogens (tertiary/aromatic N) is 2. The summed E-state index contributed by atoms with van der Waals surface area (Å²) in [5, 5.41) is 7.75. The van der Waals surface area contributed by atoms with Crippen LogP contribution in [0.15, 0.2) is 65.8 Å². The Morgan fingerprint density at radius 2 is 1.79 bits per heavy atom. The first-order valence-electron chi connectivity index (χ1n) is 12.3. The Bertz CT molecular complexity index is 1760. The number of benzene rings is 2. The van der Waals surface area contributed by atoms with Gasteiger partial charge in [0.1, 0.15) is 11.5 Å². The fourth-order valence-electron chi connectivity index (χ4n) is 4.38. The third-order valence-corrected chi connectivity index (χ3v) is 9.26. The molecule has 192 valence electrons. The summed E-state index contributed by atoms with van der Waals surface area (Å²) >= 11 is 0. The number of fused-ring (bicyclic) bond motifs is 2. The maximum absolute atomic E-state index is 12.6. The lowest BCUT2D eigenvalue weighted by Crippen LogP contribution is -2.26. The van der Waals surface area contributed by atoms with Crippen molar-refractivity contribution in [3.63, 3.8) is 0 Å². The minimum absolute atomic E-state index is 0.0110. The van der Waals surface area contributed by atoms with Gasteiger partial charge in [0.2, 0.25) is 5.91 Å². The molecule has 4 aromatic rings. The SMILES string of the molecule is Cc1cc2c(cc1C#Cc1nccc3cnc(Nc4ccc(S(=N)(=O)C(C)C)cc4)cc13)NC(=O)C2(C)C. The number of carbonyl (C=O) groups is 1. The molecule has 3 heterocycles. The number of anilines is 3. The van der Waals surface area contributed by atoms with Crippen molar-refractivity contribution in [3.05, 3.63) is 83.3 Å². The van der Waals surface area contributed by atoms with Crippen LogP contribution in [0.4, 0.5) is 17.2 Å². The summed E-state index contributed by atoms with van der Waals surface area (Å²) in [5.41, 5.74) is 4.46. The van der Waals surface area contributed by atoms with E-state index in [4.69, 9.17) is 4.78 Å². The summed E-state index contributed by atoms with van der Waals surface area (Å²) < 4.78 is 20.8. The molecule has 1 atom stereocenters. The minimum Gasteiger partial charge on any atom is -0.340 e. The van der Waals surface area contributed by atoms with Crippen LogP contribution in [-0.2, 0) is 19.9 Å². The molecule has 0 bridgehead atoms. The van der Waals surface area contributed by atoms with E-state index in [1.54, 1.807) is 50.5 Å². The van der Waals surface area contributed by atoms with Gasteiger partial charge in [0.05, 0.1) is 15.1 Å². The molecule has 2 aromatic heterocycles. The molecule has 8 heteroatoms. The van der Waals surface area contributed by atoms with Gasteiger partial charge >= 0.3 is 0 Å². The number of carbonyl (C=O) groups excluding carboxylic acids is 1. The molecule has 0 aliphatic carbocycles. The average Bonchev–Trinajstić information content (AvgIpc) is 3.10. The molecule has 5 rings (SSSR count). The zero-order valence-electron chi connectivity index (χ0n) is 22.0. The molecule has 2 aromatic carbocycles. The summed E-state index contributed by atoms with van der Waals surface area (Å²) in [7, 11) is -2.83. The predicted octanol–water partition coefficient (Wildman–Crippen LogP) is 6.13. The van der Waals surface area contributed by atoms with Crippen molar-refractivity contribution in [1.82, 2.24) is 9.97 Å². The highest BCUT2D eigenvalue weighted by atomic mass is 32.2. The van der Waals surface area contributed by atoms with Crippen LogP contribution in [0.25, 0.3) is 10.8 Å². The number of amides is 1. The number of nitrogens with one attached hydrogen (secondary N) is 3. The van der Waals surface area contributed by atoms with Crippen LogP contribution in [0.5, 0.6) is 0 Å². The van der Waals surface area contributed by atoms with E-state index in [-0.39, 0.29) is 11.2 Å². The van der Waals surface area contributed by atoms with E-state index in [9.17, 15) is 9.00 Å². The highest BCUT2D eigenvalue weighted by molar-refractivity contribution is 7.93. The van der Waals surface area contributed by atoms with Gasteiger partial charge in [-0.2, -0.15) is 0 Å². The lowest BCUT2D eigenvalue weighted by atomic mass is 9.85. The Kier molecular flexibility index (Phi) is 6.20. The first kappa shape index (κ1) is 25.4. The first-order valence-corrected chi connectivity index (χ1v) is 14.0. The Balaban J connectivity index is 1.45. The lowest BCUT2D eigenvalue weighted by Gasteiger charge is -2.15. The summed E-state index contributed by atoms with van der Waals surface area (Å²) in [6.45, 7) is 9.42. The average molecular weight is 524 g/mol. The smallest absolute Gasteiger partial charge is 0.234 e. The van der Waals surface area contributed by atoms with Gasteiger partial charge in [0, 0.05) is 50.2 Å². The van der Waals surface area contributed by atoms with Gasteiger partial charge in [-0.05, 0) is 94.1 Å². The molecule has 0 spiro atoms. The maximum Gasteiger partial charge on any atom is 0.234 e. The summed E-state index contributed by atoms with van der Waals surface area (Å²) in [4.78, 5) is 21.9. The van der Waals surface area contributed by atoms with E-state index < -0.39 is 15.1 Å². The predicted molar refractivity (Wildman–Crippen MR) is 152 cm³/mol. The number of aryl methyl sites for hydroxylation is 1. The van der Waals surface area contributed by atoms with Crippen molar-refractivity contribution < 1.29 is 9.00 Å². The summed E-state index contributed by atoms with van der Waals surface area (Å²) in [6, 6.07) is 14.8. The van der Waals surface area contributed by atoms with Crippen molar-refractivity contribution in [2.45, 2.75) is 50.2 Å². The Morgan fingerprint density at radius 3 is 2.50 bits per heavy atom. The first-order chi connectivity index (χ1) is 18.0. The molecular formula is C30H29N5O2S. The largest absolute Gasteiger partial charge is 0.340 e. The van der Waals surface area contributed by atoms with Crippen LogP contribution in [0.1, 0.15) is 50.1 Å². The van der Waals surface area contributed by atoms with Gasteiger partial charge in [0.25, 0.3) is 0 Å². The van der Waals surface area contributed by atoms with Gasteiger partial charge in [0.15, 0.2) is 0 Å². The van der Waals surface area contributed by atoms with Crippen LogP contribution in [0.3, 0.4) is 0 Å². The van der Waals surface area contributed by atoms with Crippen LogP contribution in [0, 0.1) is 23.5 Å². The zero-order valence-corrected chi connectivity index (χ0v) is 22.8. The van der Waals surface area contributed by atoms with E-state index in [0.717, 1.165) is 38.8 Å². The second-order valence-electron chi connectivity index (χ2n) is 10.3. The van der Waals surface area contributed by atoms with Crippen LogP contribution < -0.4 is 10.6 Å². The van der Waals surface area contributed by atoms with Crippen molar-refractivity contribution in [2.24, 2.45) is 0 Å². The Labute approximate surface area is 223 Å². The maximum atomic E-state index is 12.6. The molecular weight excluding hydrogens is 494 g/mol. The van der Waals surface area contributed by atoms with Gasteiger partial charge in [-0.3, -0.25) is 4.79 Å². The molecule has 1 amide bonds. The summed E-state index contributed by atoms with van der Waals surface area (Å²) in [5.74, 6) is 7.06. The highest BCUT2D eigenvalue weighted by Crippen LogP contribution is 2.38. The van der Waals surface area contributed by atoms with E-state index in [0.29, 0.717) is 16.4 Å². The third kappa shape index (κ3) is 4.50. The van der Waals surface area contributed by atoms with Crippen LogP contribution in [0.2, 0.25) is 0 Å². The number of hydrogen-bond donors (Lipinski definition) is 3. The fraction of sp³-hybridized carbons (Fsp3) is 0.233. The zero-order chi connectivity index (χ0) is 27.2. The molecule has 0 fully saturated rings. The van der Waals surface area contributed by atoms with Gasteiger partial charge in [-0.15, -0.1) is 0 Å². The molecule has 1 aliphatic rings.